The van der Waals surface area contributed by atoms with Crippen molar-refractivity contribution in [2.45, 2.75) is 25.0 Å². The van der Waals surface area contributed by atoms with Crippen molar-refractivity contribution in [3.05, 3.63) is 36.1 Å². The van der Waals surface area contributed by atoms with E-state index >= 15 is 0 Å². The van der Waals surface area contributed by atoms with Gasteiger partial charge in [0, 0.05) is 19.4 Å². The third kappa shape index (κ3) is 3.07. The van der Waals surface area contributed by atoms with Gasteiger partial charge >= 0.3 is 5.97 Å². The Bertz CT molecular complexity index is 589. The third-order valence-electron chi connectivity index (χ3n) is 2.94. The summed E-state index contributed by atoms with van der Waals surface area (Å²) in [5.41, 5.74) is 0. The van der Waals surface area contributed by atoms with Crippen molar-refractivity contribution < 1.29 is 13.9 Å². The summed E-state index contributed by atoms with van der Waals surface area (Å²) >= 11 is 1.44. The van der Waals surface area contributed by atoms with Gasteiger partial charge in [-0.3, -0.25) is 0 Å². The summed E-state index contributed by atoms with van der Waals surface area (Å²) in [5, 5.41) is 0.690. The highest BCUT2D eigenvalue weighted by molar-refractivity contribution is 7.98. The van der Waals surface area contributed by atoms with E-state index in [1.807, 2.05) is 37.9 Å². The summed E-state index contributed by atoms with van der Waals surface area (Å²) in [5.74, 6) is 0.598. The molecule has 0 bridgehead atoms. The molecule has 5 nitrogen and oxygen atoms in total. The van der Waals surface area contributed by atoms with Crippen LogP contribution < -0.4 is 0 Å². The number of ether oxygens (including phenoxy) is 1. The quantitative estimate of drug-likeness (QED) is 0.625. The smallest absolute Gasteiger partial charge is 0.375 e. The minimum absolute atomic E-state index is 0.120. The molecule has 1 atom stereocenters. The standard InChI is InChI=1S/C14H18N2O3S/c1-9(2)12(13-15-7-8-16(13)3)19-14(17)10-5-6-11(18-10)20-4/h5-9,12H,1-4H3/t12-/m0/s1. The molecule has 0 aromatic carbocycles. The van der Waals surface area contributed by atoms with Crippen LogP contribution in [-0.2, 0) is 11.8 Å². The number of nitrogens with zero attached hydrogens (tertiary/aromatic N) is 2. The number of carbonyl (C=O) groups is 1. The zero-order chi connectivity index (χ0) is 14.7. The molecule has 108 valence electrons. The molecule has 20 heavy (non-hydrogen) atoms. The van der Waals surface area contributed by atoms with Gasteiger partial charge in [-0.2, -0.15) is 0 Å². The number of esters is 1. The van der Waals surface area contributed by atoms with Gasteiger partial charge < -0.3 is 13.7 Å². The lowest BCUT2D eigenvalue weighted by atomic mass is 10.1. The number of hydrogen-bond donors (Lipinski definition) is 0. The number of imidazole rings is 1. The van der Waals surface area contributed by atoms with E-state index in [2.05, 4.69) is 4.98 Å². The van der Waals surface area contributed by atoms with Crippen molar-refractivity contribution in [2.75, 3.05) is 6.26 Å². The van der Waals surface area contributed by atoms with Crippen LogP contribution in [0.5, 0.6) is 0 Å². The molecule has 0 unspecified atom stereocenters. The van der Waals surface area contributed by atoms with Gasteiger partial charge in [0.05, 0.1) is 0 Å². The van der Waals surface area contributed by atoms with E-state index in [1.165, 1.54) is 11.8 Å². The van der Waals surface area contributed by atoms with Crippen molar-refractivity contribution in [1.82, 2.24) is 9.55 Å². The van der Waals surface area contributed by atoms with Crippen LogP contribution in [0.2, 0.25) is 0 Å². The Kier molecular flexibility index (Phi) is 4.54. The first-order valence-electron chi connectivity index (χ1n) is 6.35. The van der Waals surface area contributed by atoms with Crippen LogP contribution in [0.1, 0.15) is 36.3 Å². The lowest BCUT2D eigenvalue weighted by molar-refractivity contribution is 0.0104. The average molecular weight is 294 g/mol. The van der Waals surface area contributed by atoms with Crippen molar-refractivity contribution in [3.8, 4) is 0 Å². The zero-order valence-corrected chi connectivity index (χ0v) is 12.8. The highest BCUT2D eigenvalue weighted by Crippen LogP contribution is 2.26. The maximum Gasteiger partial charge on any atom is 0.375 e. The topological polar surface area (TPSA) is 57.3 Å². The van der Waals surface area contributed by atoms with E-state index in [0.29, 0.717) is 5.09 Å². The zero-order valence-electron chi connectivity index (χ0n) is 12.0. The molecule has 0 spiro atoms. The summed E-state index contributed by atoms with van der Waals surface area (Å²) in [7, 11) is 1.88. The minimum Gasteiger partial charge on any atom is -0.448 e. The Morgan fingerprint density at radius 2 is 2.20 bits per heavy atom. The van der Waals surface area contributed by atoms with E-state index in [9.17, 15) is 4.79 Å². The summed E-state index contributed by atoms with van der Waals surface area (Å²) in [4.78, 5) is 16.4. The number of carbonyl (C=O) groups excluding carboxylic acids is 1. The maximum absolute atomic E-state index is 12.1. The van der Waals surface area contributed by atoms with Gasteiger partial charge in [-0.25, -0.2) is 9.78 Å². The van der Waals surface area contributed by atoms with Crippen LogP contribution in [0.25, 0.3) is 0 Å². The molecule has 2 rings (SSSR count). The number of rotatable bonds is 5. The molecule has 6 heteroatoms. The Hall–Kier alpha value is -1.69. The first kappa shape index (κ1) is 14.7. The molecule has 0 saturated carbocycles. The fourth-order valence-corrected chi connectivity index (χ4v) is 2.23. The van der Waals surface area contributed by atoms with Gasteiger partial charge in [0.25, 0.3) is 0 Å². The summed E-state index contributed by atoms with van der Waals surface area (Å²) in [6.07, 6.45) is 5.01. The van der Waals surface area contributed by atoms with Crippen molar-refractivity contribution in [1.29, 1.82) is 0 Å². The number of aryl methyl sites for hydroxylation is 1. The fourth-order valence-electron chi connectivity index (χ4n) is 1.85. The molecule has 0 amide bonds. The van der Waals surface area contributed by atoms with Crippen LogP contribution in [-0.4, -0.2) is 21.8 Å². The van der Waals surface area contributed by atoms with Gasteiger partial charge in [0.2, 0.25) is 5.76 Å². The lowest BCUT2D eigenvalue weighted by Crippen LogP contribution is -2.19. The van der Waals surface area contributed by atoms with Crippen LogP contribution in [0.3, 0.4) is 0 Å². The van der Waals surface area contributed by atoms with Gasteiger partial charge in [0.15, 0.2) is 11.2 Å². The molecule has 0 fully saturated rings. The Morgan fingerprint density at radius 1 is 1.45 bits per heavy atom. The SMILES string of the molecule is CSc1ccc(C(=O)O[C@H](c2nccn2C)C(C)C)o1. The molecule has 0 N–H and O–H groups in total. The predicted molar refractivity (Wildman–Crippen MR) is 76.7 cm³/mol. The maximum atomic E-state index is 12.1. The molecule has 0 aliphatic carbocycles. The minimum atomic E-state index is -0.466. The van der Waals surface area contributed by atoms with Crippen molar-refractivity contribution in [3.63, 3.8) is 0 Å². The van der Waals surface area contributed by atoms with E-state index < -0.39 is 12.1 Å². The van der Waals surface area contributed by atoms with Gasteiger partial charge in [-0.15, -0.1) is 0 Å². The van der Waals surface area contributed by atoms with E-state index in [0.717, 1.165) is 5.82 Å². The second-order valence-corrected chi connectivity index (χ2v) is 5.60. The summed E-state index contributed by atoms with van der Waals surface area (Å²) < 4.78 is 12.8. The van der Waals surface area contributed by atoms with Crippen LogP contribution >= 0.6 is 11.8 Å². The van der Waals surface area contributed by atoms with E-state index in [-0.39, 0.29) is 11.7 Å². The summed E-state index contributed by atoms with van der Waals surface area (Å²) in [6, 6.07) is 3.39. The largest absolute Gasteiger partial charge is 0.448 e. The van der Waals surface area contributed by atoms with Gasteiger partial charge in [-0.05, 0) is 24.3 Å². The molecular formula is C14H18N2O3S. The second-order valence-electron chi connectivity index (χ2n) is 4.79. The normalized spacial score (nSPS) is 12.7. The second kappa shape index (κ2) is 6.17. The third-order valence-corrected chi connectivity index (χ3v) is 3.56. The lowest BCUT2D eigenvalue weighted by Gasteiger charge is -2.20. The summed E-state index contributed by atoms with van der Waals surface area (Å²) in [6.45, 7) is 3.98. The Labute approximate surface area is 122 Å². The first-order valence-corrected chi connectivity index (χ1v) is 7.57. The molecule has 2 heterocycles. The molecular weight excluding hydrogens is 276 g/mol. The van der Waals surface area contributed by atoms with E-state index in [1.54, 1.807) is 18.3 Å². The van der Waals surface area contributed by atoms with Crippen molar-refractivity contribution in [2.24, 2.45) is 13.0 Å². The van der Waals surface area contributed by atoms with Crippen molar-refractivity contribution >= 4 is 17.7 Å². The first-order chi connectivity index (χ1) is 9.52. The highest BCUT2D eigenvalue weighted by atomic mass is 32.2. The molecule has 0 aliphatic heterocycles. The van der Waals surface area contributed by atoms with Crippen LogP contribution in [0, 0.1) is 5.92 Å². The Balaban J connectivity index is 2.16. The fraction of sp³-hybridized carbons (Fsp3) is 0.429. The monoisotopic (exact) mass is 294 g/mol. The van der Waals surface area contributed by atoms with Crippen LogP contribution in [0.4, 0.5) is 0 Å². The number of hydrogen-bond acceptors (Lipinski definition) is 5. The number of thioether (sulfide) groups is 1. The van der Waals surface area contributed by atoms with Gasteiger partial charge in [0.1, 0.15) is 5.82 Å². The molecule has 2 aromatic rings. The van der Waals surface area contributed by atoms with Crippen LogP contribution in [0.15, 0.2) is 34.0 Å². The highest BCUT2D eigenvalue weighted by Gasteiger charge is 2.26. The predicted octanol–water partition coefficient (Wildman–Crippen LogP) is 3.29. The molecule has 0 radical (unpaired) electrons. The number of furan rings is 1. The molecule has 0 aliphatic rings. The average Bonchev–Trinajstić information content (AvgIpc) is 3.04. The van der Waals surface area contributed by atoms with Gasteiger partial charge in [-0.1, -0.05) is 25.6 Å². The Morgan fingerprint density at radius 3 is 2.70 bits per heavy atom. The molecule has 0 saturated heterocycles. The number of aromatic nitrogens is 2. The molecule has 2 aromatic heterocycles. The van der Waals surface area contributed by atoms with E-state index in [4.69, 9.17) is 9.15 Å².